The number of amides is 2. The number of halogens is 2. The Bertz CT molecular complexity index is 1090. The fourth-order valence-corrected chi connectivity index (χ4v) is 3.40. The van der Waals surface area contributed by atoms with Gasteiger partial charge in [-0.3, -0.25) is 4.90 Å². The first-order valence-corrected chi connectivity index (χ1v) is 10.0. The molecule has 0 bridgehead atoms. The first kappa shape index (κ1) is 23.8. The van der Waals surface area contributed by atoms with E-state index in [9.17, 15) is 18.4 Å². The van der Waals surface area contributed by atoms with E-state index in [-0.39, 0.29) is 30.2 Å². The lowest BCUT2D eigenvalue weighted by Crippen LogP contribution is -2.48. The zero-order chi connectivity index (χ0) is 24.1. The van der Waals surface area contributed by atoms with Crippen LogP contribution in [0.5, 0.6) is 17.2 Å². The number of urea groups is 1. The zero-order valence-electron chi connectivity index (χ0n) is 18.6. The number of carbonyl (C=O) groups is 2. The van der Waals surface area contributed by atoms with E-state index in [1.807, 2.05) is 0 Å². The number of rotatable bonds is 8. The highest BCUT2D eigenvalue weighted by Gasteiger charge is 2.37. The van der Waals surface area contributed by atoms with Crippen LogP contribution in [0.3, 0.4) is 0 Å². The van der Waals surface area contributed by atoms with Crippen LogP contribution in [-0.2, 0) is 9.53 Å². The molecule has 3 rings (SSSR count). The molecule has 8 nitrogen and oxygen atoms in total. The quantitative estimate of drug-likeness (QED) is 0.604. The number of methoxy groups -OCH3 is 2. The van der Waals surface area contributed by atoms with Crippen LogP contribution < -0.4 is 19.5 Å². The van der Waals surface area contributed by atoms with Crippen molar-refractivity contribution in [1.29, 1.82) is 0 Å². The predicted molar refractivity (Wildman–Crippen MR) is 114 cm³/mol. The molecule has 0 aromatic heterocycles. The van der Waals surface area contributed by atoms with E-state index in [0.29, 0.717) is 23.1 Å². The third-order valence-corrected chi connectivity index (χ3v) is 5.07. The standard InChI is InChI=1S/C23H24F2N2O6/c1-5-32-22(28)20-16(12-33-17-9-7-14(24)11-15(17)25)27(2)23(29)26-21(20)13-6-8-18(30-3)19(10-13)31-4/h6-11,21H,5,12H2,1-4H3,(H,26,29)/t21-/m0/s1. The van der Waals surface area contributed by atoms with E-state index in [1.165, 1.54) is 26.2 Å². The molecule has 1 aliphatic rings. The van der Waals surface area contributed by atoms with Crippen LogP contribution in [0.25, 0.3) is 0 Å². The molecule has 1 atom stereocenters. The van der Waals surface area contributed by atoms with Crippen LogP contribution in [0.15, 0.2) is 47.7 Å². The van der Waals surface area contributed by atoms with E-state index >= 15 is 0 Å². The van der Waals surface area contributed by atoms with Crippen LogP contribution in [0, 0.1) is 11.6 Å². The molecule has 2 aromatic carbocycles. The van der Waals surface area contributed by atoms with Crippen molar-refractivity contribution in [3.05, 3.63) is 64.9 Å². The van der Waals surface area contributed by atoms with E-state index < -0.39 is 29.7 Å². The smallest absolute Gasteiger partial charge is 0.338 e. The van der Waals surface area contributed by atoms with Gasteiger partial charge in [0.25, 0.3) is 0 Å². The Morgan fingerprint density at radius 2 is 1.76 bits per heavy atom. The molecule has 33 heavy (non-hydrogen) atoms. The number of carbonyl (C=O) groups excluding carboxylic acids is 2. The van der Waals surface area contributed by atoms with Gasteiger partial charge < -0.3 is 24.3 Å². The largest absolute Gasteiger partial charge is 0.493 e. The summed E-state index contributed by atoms with van der Waals surface area (Å²) in [4.78, 5) is 26.8. The second-order valence-corrected chi connectivity index (χ2v) is 7.00. The van der Waals surface area contributed by atoms with Crippen LogP contribution in [0.2, 0.25) is 0 Å². The summed E-state index contributed by atoms with van der Waals surface area (Å²) < 4.78 is 48.6. The Morgan fingerprint density at radius 3 is 2.39 bits per heavy atom. The van der Waals surface area contributed by atoms with Gasteiger partial charge in [0.15, 0.2) is 23.1 Å². The molecule has 1 N–H and O–H groups in total. The number of nitrogens with zero attached hydrogens (tertiary/aromatic N) is 1. The van der Waals surface area contributed by atoms with Gasteiger partial charge in [-0.2, -0.15) is 0 Å². The second-order valence-electron chi connectivity index (χ2n) is 7.00. The van der Waals surface area contributed by atoms with E-state index in [2.05, 4.69) is 5.32 Å². The molecule has 1 heterocycles. The van der Waals surface area contributed by atoms with Gasteiger partial charge in [-0.1, -0.05) is 6.07 Å². The molecule has 0 saturated carbocycles. The van der Waals surface area contributed by atoms with Crippen LogP contribution in [0.1, 0.15) is 18.5 Å². The molecule has 10 heteroatoms. The van der Waals surface area contributed by atoms with Crippen molar-refractivity contribution in [1.82, 2.24) is 10.2 Å². The number of ether oxygens (including phenoxy) is 4. The van der Waals surface area contributed by atoms with Crippen LogP contribution in [-0.4, -0.2) is 51.4 Å². The summed E-state index contributed by atoms with van der Waals surface area (Å²) in [5.74, 6) is -1.70. The summed E-state index contributed by atoms with van der Waals surface area (Å²) in [7, 11) is 4.40. The van der Waals surface area contributed by atoms with Gasteiger partial charge in [0.2, 0.25) is 0 Å². The average Bonchev–Trinajstić information content (AvgIpc) is 2.80. The molecule has 1 aliphatic heterocycles. The number of hydrogen-bond donors (Lipinski definition) is 1. The minimum atomic E-state index is -0.910. The Morgan fingerprint density at radius 1 is 1.06 bits per heavy atom. The summed E-state index contributed by atoms with van der Waals surface area (Å²) >= 11 is 0. The molecule has 176 valence electrons. The monoisotopic (exact) mass is 462 g/mol. The lowest BCUT2D eigenvalue weighted by atomic mass is 9.94. The van der Waals surface area contributed by atoms with Gasteiger partial charge in [-0.25, -0.2) is 18.4 Å². The number of hydrogen-bond acceptors (Lipinski definition) is 6. The number of nitrogens with one attached hydrogen (secondary N) is 1. The highest BCUT2D eigenvalue weighted by molar-refractivity contribution is 5.95. The van der Waals surface area contributed by atoms with Crippen molar-refractivity contribution < 1.29 is 37.3 Å². The van der Waals surface area contributed by atoms with Crippen molar-refractivity contribution in [2.75, 3.05) is 34.5 Å². The first-order valence-electron chi connectivity index (χ1n) is 10.0. The molecule has 0 aliphatic carbocycles. The van der Waals surface area contributed by atoms with Gasteiger partial charge in [-0.05, 0) is 36.8 Å². The van der Waals surface area contributed by atoms with E-state index in [1.54, 1.807) is 25.1 Å². The Hall–Kier alpha value is -3.82. The zero-order valence-corrected chi connectivity index (χ0v) is 18.6. The minimum absolute atomic E-state index is 0.0966. The Balaban J connectivity index is 2.07. The topological polar surface area (TPSA) is 86.3 Å². The Labute approximate surface area is 189 Å². The summed E-state index contributed by atoms with van der Waals surface area (Å²) in [6, 6.07) is 6.39. The summed E-state index contributed by atoms with van der Waals surface area (Å²) in [6.45, 7) is 1.41. The maximum atomic E-state index is 14.1. The highest BCUT2D eigenvalue weighted by Crippen LogP contribution is 2.36. The van der Waals surface area contributed by atoms with Crippen LogP contribution >= 0.6 is 0 Å². The van der Waals surface area contributed by atoms with Gasteiger partial charge in [0.1, 0.15) is 12.4 Å². The molecular formula is C23H24F2N2O6. The molecule has 0 radical (unpaired) electrons. The Kier molecular flexibility index (Phi) is 7.37. The second kappa shape index (κ2) is 10.2. The maximum Gasteiger partial charge on any atom is 0.338 e. The molecule has 0 spiro atoms. The molecule has 2 aromatic rings. The lowest BCUT2D eigenvalue weighted by molar-refractivity contribution is -0.139. The first-order chi connectivity index (χ1) is 15.8. The highest BCUT2D eigenvalue weighted by atomic mass is 19.1. The third kappa shape index (κ3) is 5.00. The maximum absolute atomic E-state index is 14.1. The third-order valence-electron chi connectivity index (χ3n) is 5.07. The van der Waals surface area contributed by atoms with E-state index in [4.69, 9.17) is 18.9 Å². The number of benzene rings is 2. The SMILES string of the molecule is CCOC(=O)C1=C(COc2ccc(F)cc2F)N(C)C(=O)N[C@H]1c1ccc(OC)c(OC)c1. The van der Waals surface area contributed by atoms with Crippen molar-refractivity contribution in [2.24, 2.45) is 0 Å². The molecule has 0 saturated heterocycles. The molecule has 2 amide bonds. The summed E-state index contributed by atoms with van der Waals surface area (Å²) in [6.07, 6.45) is 0. The predicted octanol–water partition coefficient (Wildman–Crippen LogP) is 3.57. The fraction of sp³-hybridized carbons (Fsp3) is 0.304. The average molecular weight is 462 g/mol. The fourth-order valence-electron chi connectivity index (χ4n) is 3.40. The van der Waals surface area contributed by atoms with Gasteiger partial charge in [0.05, 0.1) is 38.1 Å². The molecular weight excluding hydrogens is 438 g/mol. The van der Waals surface area contributed by atoms with Crippen molar-refractivity contribution >= 4 is 12.0 Å². The number of esters is 1. The van der Waals surface area contributed by atoms with Crippen molar-refractivity contribution in [3.63, 3.8) is 0 Å². The molecule has 0 fully saturated rings. The van der Waals surface area contributed by atoms with Crippen LogP contribution in [0.4, 0.5) is 13.6 Å². The van der Waals surface area contributed by atoms with E-state index in [0.717, 1.165) is 12.1 Å². The van der Waals surface area contributed by atoms with Gasteiger partial charge in [0, 0.05) is 13.1 Å². The molecule has 0 unspecified atom stereocenters. The number of likely N-dealkylation sites (N-methyl/N-ethyl adjacent to an activating group) is 1. The summed E-state index contributed by atoms with van der Waals surface area (Å²) in [5.41, 5.74) is 0.803. The van der Waals surface area contributed by atoms with Crippen molar-refractivity contribution in [2.45, 2.75) is 13.0 Å². The normalized spacial score (nSPS) is 15.8. The van der Waals surface area contributed by atoms with Gasteiger partial charge in [-0.15, -0.1) is 0 Å². The lowest BCUT2D eigenvalue weighted by Gasteiger charge is -2.34. The van der Waals surface area contributed by atoms with Gasteiger partial charge >= 0.3 is 12.0 Å². The minimum Gasteiger partial charge on any atom is -0.493 e. The van der Waals surface area contributed by atoms with Crippen molar-refractivity contribution in [3.8, 4) is 17.2 Å². The summed E-state index contributed by atoms with van der Waals surface area (Å²) in [5, 5.41) is 2.76.